The Hall–Kier alpha value is -2.43. The molecule has 0 N–H and O–H groups in total. The quantitative estimate of drug-likeness (QED) is 0.273. The Bertz CT molecular complexity index is 658. The SMILES string of the molecule is CCCC/C(=C\CCCCN1C(=O)c2ccccc2C1=O)C(=O)OCC. The number of amides is 2. The van der Waals surface area contributed by atoms with E-state index in [2.05, 4.69) is 6.92 Å². The van der Waals surface area contributed by atoms with Gasteiger partial charge in [-0.2, -0.15) is 0 Å². The van der Waals surface area contributed by atoms with Crippen LogP contribution in [0.1, 0.15) is 73.1 Å². The Morgan fingerprint density at radius 1 is 1.04 bits per heavy atom. The lowest BCUT2D eigenvalue weighted by Gasteiger charge is -2.13. The lowest BCUT2D eigenvalue weighted by Crippen LogP contribution is -2.30. The van der Waals surface area contributed by atoms with Crippen LogP contribution in [0.15, 0.2) is 35.9 Å². The lowest BCUT2D eigenvalue weighted by atomic mass is 10.1. The van der Waals surface area contributed by atoms with Gasteiger partial charge in [0, 0.05) is 12.1 Å². The minimum absolute atomic E-state index is 0.212. The van der Waals surface area contributed by atoms with Crippen LogP contribution in [0, 0.1) is 0 Å². The molecule has 0 unspecified atom stereocenters. The molecule has 0 spiro atoms. The monoisotopic (exact) mass is 357 g/mol. The molecule has 1 heterocycles. The van der Waals surface area contributed by atoms with E-state index in [0.29, 0.717) is 30.7 Å². The van der Waals surface area contributed by atoms with Crippen molar-refractivity contribution < 1.29 is 19.1 Å². The normalized spacial score (nSPS) is 13.9. The molecule has 1 aliphatic heterocycles. The molecule has 2 rings (SSSR count). The predicted molar refractivity (Wildman–Crippen MR) is 99.9 cm³/mol. The second-order valence-electron chi connectivity index (χ2n) is 6.36. The van der Waals surface area contributed by atoms with Crippen LogP contribution in [0.5, 0.6) is 0 Å². The number of carbonyl (C=O) groups is 3. The van der Waals surface area contributed by atoms with E-state index >= 15 is 0 Å². The largest absolute Gasteiger partial charge is 0.463 e. The van der Waals surface area contributed by atoms with E-state index in [9.17, 15) is 14.4 Å². The van der Waals surface area contributed by atoms with Crippen molar-refractivity contribution in [2.45, 2.75) is 52.4 Å². The van der Waals surface area contributed by atoms with Crippen molar-refractivity contribution in [3.63, 3.8) is 0 Å². The predicted octanol–water partition coefficient (Wildman–Crippen LogP) is 4.13. The molecule has 2 amide bonds. The van der Waals surface area contributed by atoms with Gasteiger partial charge in [-0.25, -0.2) is 4.79 Å². The van der Waals surface area contributed by atoms with E-state index in [0.717, 1.165) is 37.7 Å². The molecule has 1 aliphatic rings. The van der Waals surface area contributed by atoms with Gasteiger partial charge >= 0.3 is 5.97 Å². The maximum atomic E-state index is 12.3. The average Bonchev–Trinajstić information content (AvgIpc) is 2.89. The highest BCUT2D eigenvalue weighted by atomic mass is 16.5. The molecule has 0 saturated carbocycles. The van der Waals surface area contributed by atoms with Gasteiger partial charge in [-0.3, -0.25) is 14.5 Å². The number of nitrogens with zero attached hydrogens (tertiary/aromatic N) is 1. The van der Waals surface area contributed by atoms with Crippen LogP contribution in [-0.4, -0.2) is 35.8 Å². The summed E-state index contributed by atoms with van der Waals surface area (Å²) in [7, 11) is 0. The molecular weight excluding hydrogens is 330 g/mol. The highest BCUT2D eigenvalue weighted by molar-refractivity contribution is 6.21. The zero-order valence-corrected chi connectivity index (χ0v) is 15.6. The van der Waals surface area contributed by atoms with Gasteiger partial charge in [0.1, 0.15) is 0 Å². The van der Waals surface area contributed by atoms with Crippen LogP contribution in [0.4, 0.5) is 0 Å². The maximum Gasteiger partial charge on any atom is 0.333 e. The average molecular weight is 357 g/mol. The number of carbonyl (C=O) groups excluding carboxylic acids is 3. The number of hydrogen-bond acceptors (Lipinski definition) is 4. The van der Waals surface area contributed by atoms with Gasteiger partial charge < -0.3 is 4.74 Å². The molecule has 0 bridgehead atoms. The van der Waals surface area contributed by atoms with Crippen LogP contribution in [0.3, 0.4) is 0 Å². The first-order chi connectivity index (χ1) is 12.6. The molecule has 0 radical (unpaired) electrons. The third-order valence-corrected chi connectivity index (χ3v) is 4.44. The summed E-state index contributed by atoms with van der Waals surface area (Å²) in [6.45, 7) is 4.67. The lowest BCUT2D eigenvalue weighted by molar-refractivity contribution is -0.138. The fraction of sp³-hybridized carbons (Fsp3) is 0.476. The van der Waals surface area contributed by atoms with Gasteiger partial charge in [0.05, 0.1) is 17.7 Å². The minimum Gasteiger partial charge on any atom is -0.463 e. The Morgan fingerprint density at radius 3 is 2.27 bits per heavy atom. The molecule has 1 aromatic carbocycles. The van der Waals surface area contributed by atoms with E-state index in [-0.39, 0.29) is 17.8 Å². The molecule has 0 aliphatic carbocycles. The minimum atomic E-state index is -0.235. The van der Waals surface area contributed by atoms with Crippen molar-refractivity contribution in [1.82, 2.24) is 4.90 Å². The van der Waals surface area contributed by atoms with Gasteiger partial charge in [-0.1, -0.05) is 31.6 Å². The molecule has 26 heavy (non-hydrogen) atoms. The highest BCUT2D eigenvalue weighted by Crippen LogP contribution is 2.23. The molecule has 0 aromatic heterocycles. The number of esters is 1. The van der Waals surface area contributed by atoms with E-state index < -0.39 is 0 Å². The van der Waals surface area contributed by atoms with Crippen LogP contribution >= 0.6 is 0 Å². The molecule has 0 atom stereocenters. The van der Waals surface area contributed by atoms with Crippen molar-refractivity contribution in [3.8, 4) is 0 Å². The molecule has 5 heteroatoms. The number of fused-ring (bicyclic) bond motifs is 1. The van der Waals surface area contributed by atoms with Crippen LogP contribution < -0.4 is 0 Å². The first-order valence-corrected chi connectivity index (χ1v) is 9.41. The van der Waals surface area contributed by atoms with Crippen molar-refractivity contribution in [1.29, 1.82) is 0 Å². The van der Waals surface area contributed by atoms with Crippen molar-refractivity contribution in [2.75, 3.05) is 13.2 Å². The zero-order valence-electron chi connectivity index (χ0n) is 15.6. The second-order valence-corrected chi connectivity index (χ2v) is 6.36. The van der Waals surface area contributed by atoms with Gasteiger partial charge in [0.2, 0.25) is 0 Å². The first kappa shape index (κ1) is 19.9. The molecular formula is C21H27NO4. The zero-order chi connectivity index (χ0) is 18.9. The highest BCUT2D eigenvalue weighted by Gasteiger charge is 2.34. The van der Waals surface area contributed by atoms with Gasteiger partial charge in [0.25, 0.3) is 11.8 Å². The van der Waals surface area contributed by atoms with Crippen LogP contribution in [0.2, 0.25) is 0 Å². The van der Waals surface area contributed by atoms with E-state index in [1.807, 2.05) is 6.08 Å². The smallest absolute Gasteiger partial charge is 0.333 e. The number of benzene rings is 1. The van der Waals surface area contributed by atoms with Crippen molar-refractivity contribution in [3.05, 3.63) is 47.0 Å². The van der Waals surface area contributed by atoms with Crippen LogP contribution in [0.25, 0.3) is 0 Å². The molecule has 140 valence electrons. The summed E-state index contributed by atoms with van der Waals surface area (Å²) in [6, 6.07) is 6.92. The van der Waals surface area contributed by atoms with Gasteiger partial charge in [-0.05, 0) is 51.2 Å². The number of imide groups is 1. The molecule has 5 nitrogen and oxygen atoms in total. The second kappa shape index (κ2) is 9.90. The van der Waals surface area contributed by atoms with E-state index in [1.54, 1.807) is 31.2 Å². The number of allylic oxidation sites excluding steroid dienone is 1. The number of rotatable bonds is 10. The summed E-state index contributed by atoms with van der Waals surface area (Å²) in [5, 5.41) is 0. The van der Waals surface area contributed by atoms with Gasteiger partial charge in [-0.15, -0.1) is 0 Å². The Kier molecular flexibility index (Phi) is 7.57. The summed E-state index contributed by atoms with van der Waals surface area (Å²) in [5.74, 6) is -0.658. The number of hydrogen-bond donors (Lipinski definition) is 0. The number of ether oxygens (including phenoxy) is 1. The van der Waals surface area contributed by atoms with E-state index in [4.69, 9.17) is 4.74 Å². The fourth-order valence-electron chi connectivity index (χ4n) is 3.01. The van der Waals surface area contributed by atoms with Crippen molar-refractivity contribution in [2.24, 2.45) is 0 Å². The molecule has 0 fully saturated rings. The Morgan fingerprint density at radius 2 is 1.69 bits per heavy atom. The molecule has 1 aromatic rings. The van der Waals surface area contributed by atoms with E-state index in [1.165, 1.54) is 4.90 Å². The third kappa shape index (κ3) is 4.81. The topological polar surface area (TPSA) is 63.7 Å². The maximum absolute atomic E-state index is 12.3. The summed E-state index contributed by atoms with van der Waals surface area (Å²) in [6.07, 6.45) is 6.91. The first-order valence-electron chi connectivity index (χ1n) is 9.41. The summed E-state index contributed by atoms with van der Waals surface area (Å²) >= 11 is 0. The Labute approximate surface area is 155 Å². The summed E-state index contributed by atoms with van der Waals surface area (Å²) in [5.41, 5.74) is 1.71. The van der Waals surface area contributed by atoms with Gasteiger partial charge in [0.15, 0.2) is 0 Å². The van der Waals surface area contributed by atoms with Crippen LogP contribution in [-0.2, 0) is 9.53 Å². The van der Waals surface area contributed by atoms with Crippen molar-refractivity contribution >= 4 is 17.8 Å². The summed E-state index contributed by atoms with van der Waals surface area (Å²) in [4.78, 5) is 37.8. The molecule has 0 saturated heterocycles. The summed E-state index contributed by atoms with van der Waals surface area (Å²) < 4.78 is 5.10. The number of unbranched alkanes of at least 4 members (excludes halogenated alkanes) is 3. The fourth-order valence-corrected chi connectivity index (χ4v) is 3.01. The Balaban J connectivity index is 1.83. The third-order valence-electron chi connectivity index (χ3n) is 4.44. The standard InChI is InChI=1S/C21H27NO4/c1-3-5-11-16(21(25)26-4-2)12-7-6-10-15-22-19(23)17-13-8-9-14-18(17)20(22)24/h8-9,12-14H,3-7,10-11,15H2,1-2H3/b16-12+.